The highest BCUT2D eigenvalue weighted by Crippen LogP contribution is 2.48. The summed E-state index contributed by atoms with van der Waals surface area (Å²) in [5, 5.41) is 1.12. The zero-order valence-corrected chi connectivity index (χ0v) is 25.2. The van der Waals surface area contributed by atoms with Gasteiger partial charge >= 0.3 is 5.97 Å². The van der Waals surface area contributed by atoms with Crippen molar-refractivity contribution >= 4 is 28.9 Å². The molecule has 2 aliphatic heterocycles. The fourth-order valence-electron chi connectivity index (χ4n) is 7.18. The van der Waals surface area contributed by atoms with E-state index in [-0.39, 0.29) is 24.1 Å². The Kier molecular flexibility index (Phi) is 7.75. The summed E-state index contributed by atoms with van der Waals surface area (Å²) in [6, 6.07) is 9.85. The van der Waals surface area contributed by atoms with E-state index in [4.69, 9.17) is 18.9 Å². The van der Waals surface area contributed by atoms with E-state index in [1.165, 1.54) is 31.9 Å². The highest BCUT2D eigenvalue weighted by Gasteiger charge is 2.33. The van der Waals surface area contributed by atoms with Gasteiger partial charge in [-0.05, 0) is 74.1 Å². The van der Waals surface area contributed by atoms with Crippen LogP contribution >= 0.6 is 0 Å². The number of esters is 1. The summed E-state index contributed by atoms with van der Waals surface area (Å²) in [6.07, 6.45) is 7.77. The number of nitrogens with zero attached hydrogens (tertiary/aromatic N) is 2. The average molecular weight is 573 g/mol. The number of benzene rings is 2. The normalized spacial score (nSPS) is 20.8. The maximum Gasteiger partial charge on any atom is 0.337 e. The molecule has 8 nitrogen and oxygen atoms in total. The Balaban J connectivity index is 1.62. The molecule has 0 radical (unpaired) electrons. The number of aromatic nitrogens is 1. The number of carbonyl (C=O) groups is 2. The topological polar surface area (TPSA) is 79.2 Å². The van der Waals surface area contributed by atoms with Gasteiger partial charge in [0.15, 0.2) is 11.5 Å². The molecule has 1 amide bonds. The highest BCUT2D eigenvalue weighted by molar-refractivity contribution is 6.04. The van der Waals surface area contributed by atoms with E-state index in [9.17, 15) is 9.59 Å². The van der Waals surface area contributed by atoms with Crippen LogP contribution in [0.4, 0.5) is 0 Å². The summed E-state index contributed by atoms with van der Waals surface area (Å²) in [5.41, 5.74) is 6.37. The number of amides is 1. The molecular formula is C34H40N2O6. The average Bonchev–Trinajstić information content (AvgIpc) is 3.22. The van der Waals surface area contributed by atoms with Crippen LogP contribution in [0.15, 0.2) is 35.9 Å². The molecule has 1 saturated carbocycles. The quantitative estimate of drug-likeness (QED) is 0.339. The van der Waals surface area contributed by atoms with E-state index in [2.05, 4.69) is 10.6 Å². The summed E-state index contributed by atoms with van der Waals surface area (Å²) >= 11 is 0. The molecule has 2 fully saturated rings. The van der Waals surface area contributed by atoms with Crippen molar-refractivity contribution in [3.05, 3.63) is 52.6 Å². The van der Waals surface area contributed by atoms with Gasteiger partial charge in [0.05, 0.1) is 51.3 Å². The van der Waals surface area contributed by atoms with E-state index in [1.54, 1.807) is 14.2 Å². The van der Waals surface area contributed by atoms with Gasteiger partial charge in [0.25, 0.3) is 5.91 Å². The molecule has 0 unspecified atom stereocenters. The molecule has 8 heteroatoms. The Hall–Kier alpha value is -3.78. The molecule has 222 valence electrons. The second-order valence-electron chi connectivity index (χ2n) is 11.8. The number of morpholine rings is 1. The van der Waals surface area contributed by atoms with Gasteiger partial charge in [0.1, 0.15) is 0 Å². The van der Waals surface area contributed by atoms with Gasteiger partial charge in [0.2, 0.25) is 0 Å². The van der Waals surface area contributed by atoms with Gasteiger partial charge < -0.3 is 28.4 Å². The molecule has 3 aromatic rings. The number of fused-ring (bicyclic) bond motifs is 5. The first-order valence-corrected chi connectivity index (χ1v) is 15.0. The van der Waals surface area contributed by atoms with Crippen LogP contribution in [-0.4, -0.2) is 68.0 Å². The van der Waals surface area contributed by atoms with Crippen LogP contribution in [0.2, 0.25) is 0 Å². The summed E-state index contributed by atoms with van der Waals surface area (Å²) in [6.45, 7) is 5.47. The predicted molar refractivity (Wildman–Crippen MR) is 162 cm³/mol. The fraction of sp³-hybridized carbons (Fsp3) is 0.471. The molecule has 1 aliphatic carbocycles. The monoisotopic (exact) mass is 572 g/mol. The predicted octanol–water partition coefficient (Wildman–Crippen LogP) is 6.19. The van der Waals surface area contributed by atoms with Crippen LogP contribution < -0.4 is 9.47 Å². The number of rotatable bonds is 5. The Morgan fingerprint density at radius 3 is 2.26 bits per heavy atom. The van der Waals surface area contributed by atoms with Crippen molar-refractivity contribution in [1.29, 1.82) is 0 Å². The third-order valence-electron chi connectivity index (χ3n) is 8.99. The third kappa shape index (κ3) is 4.96. The van der Waals surface area contributed by atoms with Gasteiger partial charge in [-0.3, -0.25) is 4.79 Å². The first-order chi connectivity index (χ1) is 20.3. The lowest BCUT2D eigenvalue weighted by Gasteiger charge is -2.35. The number of ether oxygens (including phenoxy) is 4. The van der Waals surface area contributed by atoms with E-state index in [0.29, 0.717) is 48.2 Å². The number of methoxy groups -OCH3 is 3. The van der Waals surface area contributed by atoms with Crippen LogP contribution in [0.3, 0.4) is 0 Å². The van der Waals surface area contributed by atoms with Crippen molar-refractivity contribution in [2.75, 3.05) is 34.4 Å². The van der Waals surface area contributed by atoms with Crippen LogP contribution in [-0.2, 0) is 20.8 Å². The van der Waals surface area contributed by atoms with E-state index in [0.717, 1.165) is 40.6 Å². The summed E-state index contributed by atoms with van der Waals surface area (Å²) < 4.78 is 24.7. The van der Waals surface area contributed by atoms with E-state index in [1.807, 2.05) is 49.1 Å². The van der Waals surface area contributed by atoms with Crippen molar-refractivity contribution in [1.82, 2.24) is 9.47 Å². The van der Waals surface area contributed by atoms with Crippen LogP contribution in [0.1, 0.15) is 73.4 Å². The smallest absolute Gasteiger partial charge is 0.337 e. The molecule has 0 spiro atoms. The van der Waals surface area contributed by atoms with Crippen molar-refractivity contribution in [3.63, 3.8) is 0 Å². The number of carbonyl (C=O) groups excluding carboxylic acids is 2. The van der Waals surface area contributed by atoms with E-state index >= 15 is 0 Å². The maximum absolute atomic E-state index is 14.2. The van der Waals surface area contributed by atoms with Crippen molar-refractivity contribution in [3.8, 4) is 22.8 Å². The molecular weight excluding hydrogens is 532 g/mol. The number of hydrogen-bond acceptors (Lipinski definition) is 6. The van der Waals surface area contributed by atoms with Crippen LogP contribution in [0, 0.1) is 0 Å². The van der Waals surface area contributed by atoms with Gasteiger partial charge in [-0.2, -0.15) is 0 Å². The summed E-state index contributed by atoms with van der Waals surface area (Å²) in [5.74, 6) is 1.24. The zero-order chi connectivity index (χ0) is 29.5. The zero-order valence-electron chi connectivity index (χ0n) is 25.2. The van der Waals surface area contributed by atoms with Crippen LogP contribution in [0.25, 0.3) is 28.2 Å². The lowest BCUT2D eigenvalue weighted by Crippen LogP contribution is -2.48. The molecule has 2 atom stereocenters. The second kappa shape index (κ2) is 11.5. The van der Waals surface area contributed by atoms with E-state index < -0.39 is 0 Å². The Bertz CT molecular complexity index is 1550. The minimum Gasteiger partial charge on any atom is -0.493 e. The highest BCUT2D eigenvalue weighted by atomic mass is 16.5. The lowest BCUT2D eigenvalue weighted by molar-refractivity contribution is -0.139. The van der Waals surface area contributed by atoms with Gasteiger partial charge in [-0.15, -0.1) is 0 Å². The van der Waals surface area contributed by atoms with Crippen molar-refractivity contribution < 1.29 is 28.5 Å². The van der Waals surface area contributed by atoms with Gasteiger partial charge in [0, 0.05) is 35.1 Å². The molecule has 3 heterocycles. The molecule has 3 aliphatic rings. The summed E-state index contributed by atoms with van der Waals surface area (Å²) in [4.78, 5) is 28.8. The molecule has 6 rings (SSSR count). The SMILES string of the molecule is COC(=O)c1ccc2c(C3CCCCC3)c3n(c2c1)CC(C(=O)N1C[C@@H](C)O[C@@H](C)C1)=Cc1cc(OC)c(OC)cc1-3. The lowest BCUT2D eigenvalue weighted by atomic mass is 9.81. The van der Waals surface area contributed by atoms with Gasteiger partial charge in [-0.25, -0.2) is 4.79 Å². The Labute approximate surface area is 247 Å². The van der Waals surface area contributed by atoms with Gasteiger partial charge in [-0.1, -0.05) is 25.3 Å². The molecule has 42 heavy (non-hydrogen) atoms. The van der Waals surface area contributed by atoms with Crippen molar-refractivity contribution in [2.45, 2.75) is 70.6 Å². The van der Waals surface area contributed by atoms with Crippen molar-refractivity contribution in [2.24, 2.45) is 0 Å². The number of hydrogen-bond donors (Lipinski definition) is 0. The Morgan fingerprint density at radius 1 is 0.905 bits per heavy atom. The summed E-state index contributed by atoms with van der Waals surface area (Å²) in [7, 11) is 4.68. The first kappa shape index (κ1) is 28.3. The molecule has 1 aromatic heterocycles. The van der Waals surface area contributed by atoms with Crippen LogP contribution in [0.5, 0.6) is 11.5 Å². The molecule has 0 N–H and O–H groups in total. The second-order valence-corrected chi connectivity index (χ2v) is 11.8. The minimum atomic E-state index is -0.379. The third-order valence-corrected chi connectivity index (χ3v) is 8.99. The largest absolute Gasteiger partial charge is 0.493 e. The Morgan fingerprint density at radius 2 is 1.60 bits per heavy atom. The maximum atomic E-state index is 14.2. The fourth-order valence-corrected chi connectivity index (χ4v) is 7.18. The molecule has 1 saturated heterocycles. The first-order valence-electron chi connectivity index (χ1n) is 15.0. The molecule has 2 aromatic carbocycles. The molecule has 0 bridgehead atoms. The minimum absolute atomic E-state index is 0.00391. The standard InChI is InChI=1S/C34H40N2O6/c1-20-17-35(18-21(2)42-20)33(37)25-13-24-15-29(39-3)30(40-4)16-27(24)32-31(22-9-7-6-8-10-22)26-12-11-23(34(38)41-5)14-28(26)36(32)19-25/h11-16,20-22H,6-10,17-19H2,1-5H3/t20-,21+.